The molecule has 3 aromatic rings. The molecule has 1 atom stereocenters. The number of aryl methyl sites for hydroxylation is 1. The first kappa shape index (κ1) is 19.0. The number of nitrogens with one attached hydrogen (secondary N) is 2. The zero-order valence-corrected chi connectivity index (χ0v) is 15.6. The van der Waals surface area contributed by atoms with Crippen molar-refractivity contribution in [1.29, 1.82) is 0 Å². The Morgan fingerprint density at radius 2 is 1.89 bits per heavy atom. The van der Waals surface area contributed by atoms with Crippen LogP contribution in [0, 0.1) is 18.6 Å². The first-order valence-electron chi connectivity index (χ1n) is 8.80. The smallest absolute Gasteiger partial charge is 0.224 e. The van der Waals surface area contributed by atoms with Crippen molar-refractivity contribution >= 4 is 16.8 Å². The summed E-state index contributed by atoms with van der Waals surface area (Å²) >= 11 is 0. The van der Waals surface area contributed by atoms with E-state index in [1.807, 2.05) is 32.0 Å². The van der Waals surface area contributed by atoms with E-state index < -0.39 is 0 Å². The molecule has 0 aliphatic heterocycles. The molecule has 0 aliphatic rings. The summed E-state index contributed by atoms with van der Waals surface area (Å²) in [6.45, 7) is 2.22. The van der Waals surface area contributed by atoms with Gasteiger partial charge in [0.1, 0.15) is 11.6 Å². The van der Waals surface area contributed by atoms with Crippen molar-refractivity contribution in [2.45, 2.75) is 19.4 Å². The van der Waals surface area contributed by atoms with Crippen LogP contribution in [-0.4, -0.2) is 36.4 Å². The molecular weight excluding hydrogens is 348 g/mol. The van der Waals surface area contributed by atoms with Crippen LogP contribution in [0.25, 0.3) is 10.9 Å². The number of halogens is 2. The third kappa shape index (κ3) is 4.34. The predicted molar refractivity (Wildman–Crippen MR) is 103 cm³/mol. The van der Waals surface area contributed by atoms with Crippen molar-refractivity contribution in [3.63, 3.8) is 0 Å². The highest BCUT2D eigenvalue weighted by Gasteiger charge is 2.18. The molecule has 27 heavy (non-hydrogen) atoms. The Labute approximate surface area is 157 Å². The first-order valence-corrected chi connectivity index (χ1v) is 8.80. The van der Waals surface area contributed by atoms with E-state index in [9.17, 15) is 13.6 Å². The lowest BCUT2D eigenvalue weighted by atomic mass is 10.0. The standard InChI is InChI=1S/C21H23F2N3O/c1-13-17(18-10-16(23)7-8-19(18)25-13)11-21(27)24-12-20(26(2)3)14-5-4-6-15(22)9-14/h4-10,20,25H,11-12H2,1-3H3,(H,24,27). The summed E-state index contributed by atoms with van der Waals surface area (Å²) in [6, 6.07) is 10.7. The van der Waals surface area contributed by atoms with Gasteiger partial charge in [0, 0.05) is 23.1 Å². The van der Waals surface area contributed by atoms with Crippen LogP contribution in [0.1, 0.15) is 22.9 Å². The Morgan fingerprint density at radius 1 is 1.15 bits per heavy atom. The van der Waals surface area contributed by atoms with E-state index in [1.54, 1.807) is 12.1 Å². The monoisotopic (exact) mass is 371 g/mol. The molecule has 0 fully saturated rings. The van der Waals surface area contributed by atoms with Crippen molar-refractivity contribution < 1.29 is 13.6 Å². The second kappa shape index (κ2) is 7.88. The number of likely N-dealkylation sites (N-methyl/N-ethyl adjacent to an activating group) is 1. The van der Waals surface area contributed by atoms with E-state index in [1.165, 1.54) is 24.3 Å². The Morgan fingerprint density at radius 3 is 2.59 bits per heavy atom. The van der Waals surface area contributed by atoms with E-state index in [0.717, 1.165) is 27.7 Å². The normalized spacial score (nSPS) is 12.5. The Balaban J connectivity index is 1.72. The van der Waals surface area contributed by atoms with Crippen molar-refractivity contribution in [1.82, 2.24) is 15.2 Å². The summed E-state index contributed by atoms with van der Waals surface area (Å²) in [4.78, 5) is 17.6. The Bertz CT molecular complexity index is 965. The molecule has 0 radical (unpaired) electrons. The van der Waals surface area contributed by atoms with Gasteiger partial charge in [-0.1, -0.05) is 12.1 Å². The zero-order valence-electron chi connectivity index (χ0n) is 15.6. The lowest BCUT2D eigenvalue weighted by molar-refractivity contribution is -0.120. The predicted octanol–water partition coefficient (Wildman–Crippen LogP) is 3.72. The van der Waals surface area contributed by atoms with Gasteiger partial charge < -0.3 is 15.2 Å². The lowest BCUT2D eigenvalue weighted by Crippen LogP contribution is -2.35. The second-order valence-electron chi connectivity index (χ2n) is 6.93. The van der Waals surface area contributed by atoms with Gasteiger partial charge in [-0.2, -0.15) is 0 Å². The van der Waals surface area contributed by atoms with Gasteiger partial charge in [-0.15, -0.1) is 0 Å². The van der Waals surface area contributed by atoms with E-state index in [4.69, 9.17) is 0 Å². The van der Waals surface area contributed by atoms with Gasteiger partial charge in [0.2, 0.25) is 5.91 Å². The number of aromatic nitrogens is 1. The number of nitrogens with zero attached hydrogens (tertiary/aromatic N) is 1. The topological polar surface area (TPSA) is 48.1 Å². The number of hydrogen-bond acceptors (Lipinski definition) is 2. The number of aromatic amines is 1. The molecule has 0 aliphatic carbocycles. The van der Waals surface area contributed by atoms with Gasteiger partial charge in [-0.3, -0.25) is 4.79 Å². The molecule has 1 heterocycles. The third-order valence-electron chi connectivity index (χ3n) is 4.77. The molecule has 2 aromatic carbocycles. The average Bonchev–Trinajstić information content (AvgIpc) is 2.90. The van der Waals surface area contributed by atoms with Crippen molar-refractivity contribution in [3.8, 4) is 0 Å². The van der Waals surface area contributed by atoms with E-state index >= 15 is 0 Å². The van der Waals surface area contributed by atoms with Crippen LogP contribution in [0.4, 0.5) is 8.78 Å². The third-order valence-corrected chi connectivity index (χ3v) is 4.77. The molecular formula is C21H23F2N3O. The molecule has 0 saturated carbocycles. The fraction of sp³-hybridized carbons (Fsp3) is 0.286. The summed E-state index contributed by atoms with van der Waals surface area (Å²) in [7, 11) is 3.77. The molecule has 1 amide bonds. The molecule has 0 saturated heterocycles. The number of hydrogen-bond donors (Lipinski definition) is 2. The quantitative estimate of drug-likeness (QED) is 0.694. The van der Waals surface area contributed by atoms with Gasteiger partial charge in [0.05, 0.1) is 12.5 Å². The molecule has 0 bridgehead atoms. The molecule has 4 nitrogen and oxygen atoms in total. The minimum absolute atomic E-state index is 0.147. The highest BCUT2D eigenvalue weighted by molar-refractivity contribution is 5.90. The van der Waals surface area contributed by atoms with Crippen LogP contribution < -0.4 is 5.32 Å². The van der Waals surface area contributed by atoms with Gasteiger partial charge in [0.15, 0.2) is 0 Å². The minimum atomic E-state index is -0.332. The highest BCUT2D eigenvalue weighted by atomic mass is 19.1. The van der Waals surface area contributed by atoms with E-state index in [-0.39, 0.29) is 30.0 Å². The number of rotatable bonds is 6. The molecule has 142 valence electrons. The molecule has 6 heteroatoms. The summed E-state index contributed by atoms with van der Waals surface area (Å²) in [6.07, 6.45) is 0.151. The maximum atomic E-state index is 13.6. The van der Waals surface area contributed by atoms with Gasteiger partial charge >= 0.3 is 0 Å². The maximum absolute atomic E-state index is 13.6. The Hall–Kier alpha value is -2.73. The fourth-order valence-electron chi connectivity index (χ4n) is 3.33. The molecule has 2 N–H and O–H groups in total. The van der Waals surface area contributed by atoms with E-state index in [0.29, 0.717) is 6.54 Å². The SMILES string of the molecule is Cc1[nH]c2ccc(F)cc2c1CC(=O)NCC(c1cccc(F)c1)N(C)C. The van der Waals surface area contributed by atoms with Crippen molar-refractivity contribution in [3.05, 3.63) is 70.9 Å². The number of fused-ring (bicyclic) bond motifs is 1. The molecule has 0 spiro atoms. The highest BCUT2D eigenvalue weighted by Crippen LogP contribution is 2.24. The van der Waals surface area contributed by atoms with Crippen LogP contribution in [0.2, 0.25) is 0 Å². The van der Waals surface area contributed by atoms with Crippen LogP contribution in [-0.2, 0) is 11.2 Å². The minimum Gasteiger partial charge on any atom is -0.358 e. The lowest BCUT2D eigenvalue weighted by Gasteiger charge is -2.25. The van der Waals surface area contributed by atoms with Crippen LogP contribution >= 0.6 is 0 Å². The molecule has 3 rings (SSSR count). The maximum Gasteiger partial charge on any atom is 0.224 e. The van der Waals surface area contributed by atoms with Crippen molar-refractivity contribution in [2.24, 2.45) is 0 Å². The molecule has 1 aromatic heterocycles. The summed E-state index contributed by atoms with van der Waals surface area (Å²) < 4.78 is 27.1. The number of carbonyl (C=O) groups excluding carboxylic acids is 1. The van der Waals surface area contributed by atoms with Gasteiger partial charge in [0.25, 0.3) is 0 Å². The fourth-order valence-corrected chi connectivity index (χ4v) is 3.33. The second-order valence-corrected chi connectivity index (χ2v) is 6.93. The number of H-pyrrole nitrogens is 1. The first-order chi connectivity index (χ1) is 12.8. The van der Waals surface area contributed by atoms with Gasteiger partial charge in [-0.05, 0) is 62.5 Å². The Kier molecular flexibility index (Phi) is 5.56. The average molecular weight is 371 g/mol. The van der Waals surface area contributed by atoms with Crippen molar-refractivity contribution in [2.75, 3.05) is 20.6 Å². The molecule has 1 unspecified atom stereocenters. The largest absolute Gasteiger partial charge is 0.358 e. The van der Waals surface area contributed by atoms with E-state index in [2.05, 4.69) is 10.3 Å². The number of carbonyl (C=O) groups is 1. The zero-order chi connectivity index (χ0) is 19.6. The summed E-state index contributed by atoms with van der Waals surface area (Å²) in [5, 5.41) is 3.64. The van der Waals surface area contributed by atoms with Crippen LogP contribution in [0.3, 0.4) is 0 Å². The number of benzene rings is 2. The van der Waals surface area contributed by atoms with Gasteiger partial charge in [-0.25, -0.2) is 8.78 Å². The number of amides is 1. The van der Waals surface area contributed by atoms with Crippen LogP contribution in [0.5, 0.6) is 0 Å². The van der Waals surface area contributed by atoms with Crippen LogP contribution in [0.15, 0.2) is 42.5 Å². The summed E-state index contributed by atoms with van der Waals surface area (Å²) in [5.41, 5.74) is 3.24. The summed E-state index contributed by atoms with van der Waals surface area (Å²) in [5.74, 6) is -0.796.